The van der Waals surface area contributed by atoms with Crippen LogP contribution in [0.5, 0.6) is 5.75 Å². The average molecular weight is 339 g/mol. The van der Waals surface area contributed by atoms with E-state index in [0.717, 1.165) is 0 Å². The number of benzene rings is 2. The minimum atomic E-state index is -0.560. The topological polar surface area (TPSA) is 81.4 Å². The zero-order valence-corrected chi connectivity index (χ0v) is 12.8. The monoisotopic (exact) mass is 338 g/mol. The lowest BCUT2D eigenvalue weighted by molar-refractivity contribution is -0.119. The van der Waals surface area contributed by atoms with E-state index in [9.17, 15) is 9.59 Å². The Hall–Kier alpha value is -2.24. The standard InChI is InChI=1S/C15H12Cl2N2O3/c16-9-1-6-12(13(17)7-9)15(21)19-10-2-4-11(5-3-10)22-8-14(18)20/h1-7H,8H2,(H2,18,20)(H,19,21). The molecule has 5 nitrogen and oxygen atoms in total. The number of ether oxygens (including phenoxy) is 1. The molecule has 0 aromatic heterocycles. The van der Waals surface area contributed by atoms with Gasteiger partial charge in [0.1, 0.15) is 5.75 Å². The van der Waals surface area contributed by atoms with Crippen LogP contribution in [0.25, 0.3) is 0 Å². The number of hydrogen-bond acceptors (Lipinski definition) is 3. The molecule has 3 N–H and O–H groups in total. The van der Waals surface area contributed by atoms with E-state index in [1.807, 2.05) is 0 Å². The molecule has 0 unspecified atom stereocenters. The van der Waals surface area contributed by atoms with Gasteiger partial charge in [-0.2, -0.15) is 0 Å². The summed E-state index contributed by atoms with van der Waals surface area (Å²) in [5, 5.41) is 3.42. The number of nitrogens with two attached hydrogens (primary N) is 1. The molecule has 0 spiro atoms. The Labute approximate surface area is 137 Å². The van der Waals surface area contributed by atoms with Crippen LogP contribution in [0.2, 0.25) is 10.0 Å². The third-order valence-electron chi connectivity index (χ3n) is 2.67. The second-order valence-electron chi connectivity index (χ2n) is 4.36. The number of primary amides is 1. The fourth-order valence-corrected chi connectivity index (χ4v) is 2.16. The maximum Gasteiger partial charge on any atom is 0.257 e. The smallest absolute Gasteiger partial charge is 0.257 e. The van der Waals surface area contributed by atoms with Crippen molar-refractivity contribution in [3.05, 3.63) is 58.1 Å². The number of anilines is 1. The molecule has 0 radical (unpaired) electrons. The van der Waals surface area contributed by atoms with Gasteiger partial charge in [0.25, 0.3) is 11.8 Å². The molecule has 0 saturated heterocycles. The summed E-state index contributed by atoms with van der Waals surface area (Å²) in [5.41, 5.74) is 5.86. The zero-order chi connectivity index (χ0) is 16.1. The third-order valence-corrected chi connectivity index (χ3v) is 3.22. The van der Waals surface area contributed by atoms with E-state index in [4.69, 9.17) is 33.7 Å². The zero-order valence-electron chi connectivity index (χ0n) is 11.3. The van der Waals surface area contributed by atoms with Crippen LogP contribution < -0.4 is 15.8 Å². The first-order valence-electron chi connectivity index (χ1n) is 6.23. The van der Waals surface area contributed by atoms with Gasteiger partial charge in [0.05, 0.1) is 10.6 Å². The maximum absolute atomic E-state index is 12.1. The molecular weight excluding hydrogens is 327 g/mol. The van der Waals surface area contributed by atoms with Gasteiger partial charge in [-0.1, -0.05) is 23.2 Å². The summed E-state index contributed by atoms with van der Waals surface area (Å²) >= 11 is 11.8. The lowest BCUT2D eigenvalue weighted by Gasteiger charge is -2.08. The number of amides is 2. The largest absolute Gasteiger partial charge is 0.484 e. The quantitative estimate of drug-likeness (QED) is 0.878. The first-order chi connectivity index (χ1) is 10.5. The molecule has 0 aliphatic heterocycles. The van der Waals surface area contributed by atoms with Gasteiger partial charge in [0, 0.05) is 10.7 Å². The van der Waals surface area contributed by atoms with Crippen LogP contribution in [0.3, 0.4) is 0 Å². The van der Waals surface area contributed by atoms with E-state index in [-0.39, 0.29) is 17.5 Å². The summed E-state index contributed by atoms with van der Waals surface area (Å²) in [6.45, 7) is -0.202. The Balaban J connectivity index is 2.04. The van der Waals surface area contributed by atoms with Gasteiger partial charge in [-0.15, -0.1) is 0 Å². The predicted molar refractivity (Wildman–Crippen MR) is 85.5 cm³/mol. The summed E-state index contributed by atoms with van der Waals surface area (Å²) in [4.78, 5) is 22.7. The number of rotatable bonds is 5. The van der Waals surface area contributed by atoms with Crippen LogP contribution in [-0.4, -0.2) is 18.4 Å². The van der Waals surface area contributed by atoms with Crippen LogP contribution >= 0.6 is 23.2 Å². The number of halogens is 2. The summed E-state index contributed by atoms with van der Waals surface area (Å²) in [7, 11) is 0. The molecule has 0 bridgehead atoms. The minimum absolute atomic E-state index is 0.202. The van der Waals surface area contributed by atoms with Crippen molar-refractivity contribution in [2.75, 3.05) is 11.9 Å². The highest BCUT2D eigenvalue weighted by Crippen LogP contribution is 2.22. The predicted octanol–water partition coefficient (Wildman–Crippen LogP) is 3.11. The van der Waals surface area contributed by atoms with E-state index in [1.54, 1.807) is 36.4 Å². The van der Waals surface area contributed by atoms with E-state index in [0.29, 0.717) is 22.0 Å². The first-order valence-corrected chi connectivity index (χ1v) is 6.99. The fraction of sp³-hybridized carbons (Fsp3) is 0.0667. The van der Waals surface area contributed by atoms with Crippen LogP contribution in [0.4, 0.5) is 5.69 Å². The van der Waals surface area contributed by atoms with E-state index >= 15 is 0 Å². The number of nitrogens with one attached hydrogen (secondary N) is 1. The first kappa shape index (κ1) is 16.1. The number of carbonyl (C=O) groups excluding carboxylic acids is 2. The van der Waals surface area contributed by atoms with Gasteiger partial charge in [-0.3, -0.25) is 9.59 Å². The van der Waals surface area contributed by atoms with Crippen LogP contribution in [0, 0.1) is 0 Å². The molecule has 2 aromatic carbocycles. The summed E-state index contributed by atoms with van der Waals surface area (Å²) in [6.07, 6.45) is 0. The molecule has 2 aromatic rings. The molecule has 0 fully saturated rings. The second kappa shape index (κ2) is 7.15. The van der Waals surface area contributed by atoms with E-state index in [2.05, 4.69) is 5.32 Å². The van der Waals surface area contributed by atoms with Gasteiger partial charge in [0.2, 0.25) is 0 Å². The van der Waals surface area contributed by atoms with Gasteiger partial charge in [0.15, 0.2) is 6.61 Å². The Morgan fingerprint density at radius 2 is 1.77 bits per heavy atom. The summed E-state index contributed by atoms with van der Waals surface area (Å²) in [5.74, 6) is -0.441. The van der Waals surface area contributed by atoms with Crippen molar-refractivity contribution in [1.82, 2.24) is 0 Å². The SMILES string of the molecule is NC(=O)COc1ccc(NC(=O)c2ccc(Cl)cc2Cl)cc1. The molecule has 114 valence electrons. The van der Waals surface area contributed by atoms with Gasteiger partial charge < -0.3 is 15.8 Å². The van der Waals surface area contributed by atoms with Gasteiger partial charge in [-0.25, -0.2) is 0 Å². The van der Waals surface area contributed by atoms with Crippen LogP contribution in [0.1, 0.15) is 10.4 Å². The van der Waals surface area contributed by atoms with E-state index < -0.39 is 5.91 Å². The normalized spacial score (nSPS) is 10.1. The number of carbonyl (C=O) groups is 2. The highest BCUT2D eigenvalue weighted by atomic mass is 35.5. The lowest BCUT2D eigenvalue weighted by atomic mass is 10.2. The Morgan fingerprint density at radius 3 is 2.36 bits per heavy atom. The van der Waals surface area contributed by atoms with Crippen molar-refractivity contribution in [2.45, 2.75) is 0 Å². The van der Waals surface area contributed by atoms with Crippen LogP contribution in [0.15, 0.2) is 42.5 Å². The molecule has 0 aliphatic rings. The highest BCUT2D eigenvalue weighted by molar-refractivity contribution is 6.37. The average Bonchev–Trinajstić information content (AvgIpc) is 2.46. The summed E-state index contributed by atoms with van der Waals surface area (Å²) in [6, 6.07) is 11.1. The lowest BCUT2D eigenvalue weighted by Crippen LogP contribution is -2.20. The molecule has 0 aliphatic carbocycles. The van der Waals surface area contributed by atoms with Crippen molar-refractivity contribution in [3.63, 3.8) is 0 Å². The fourth-order valence-electron chi connectivity index (χ4n) is 1.66. The van der Waals surface area contributed by atoms with Crippen molar-refractivity contribution in [2.24, 2.45) is 5.73 Å². The molecule has 7 heteroatoms. The maximum atomic E-state index is 12.1. The van der Waals surface area contributed by atoms with Gasteiger partial charge in [-0.05, 0) is 42.5 Å². The minimum Gasteiger partial charge on any atom is -0.484 e. The Bertz CT molecular complexity index is 702. The second-order valence-corrected chi connectivity index (χ2v) is 5.20. The molecule has 0 atom stereocenters. The molecule has 0 heterocycles. The van der Waals surface area contributed by atoms with Crippen molar-refractivity contribution >= 4 is 40.7 Å². The van der Waals surface area contributed by atoms with Crippen molar-refractivity contribution in [3.8, 4) is 5.75 Å². The van der Waals surface area contributed by atoms with Crippen molar-refractivity contribution in [1.29, 1.82) is 0 Å². The van der Waals surface area contributed by atoms with Crippen LogP contribution in [-0.2, 0) is 4.79 Å². The Morgan fingerprint density at radius 1 is 1.09 bits per heavy atom. The Kier molecular flexibility index (Phi) is 5.25. The molecule has 0 saturated carbocycles. The third kappa shape index (κ3) is 4.38. The van der Waals surface area contributed by atoms with Gasteiger partial charge >= 0.3 is 0 Å². The van der Waals surface area contributed by atoms with E-state index in [1.165, 1.54) is 6.07 Å². The number of hydrogen-bond donors (Lipinski definition) is 2. The highest BCUT2D eigenvalue weighted by Gasteiger charge is 2.11. The molecular formula is C15H12Cl2N2O3. The summed E-state index contributed by atoms with van der Waals surface area (Å²) < 4.78 is 5.12. The molecule has 22 heavy (non-hydrogen) atoms. The van der Waals surface area contributed by atoms with Crippen molar-refractivity contribution < 1.29 is 14.3 Å². The molecule has 2 rings (SSSR count). The molecule has 2 amide bonds.